The monoisotopic (exact) mass is 422 g/mol. The first-order valence-corrected chi connectivity index (χ1v) is 10.2. The molecule has 8 nitrogen and oxygen atoms in total. The molecule has 162 valence electrons. The summed E-state index contributed by atoms with van der Waals surface area (Å²) in [7, 11) is 0. The second-order valence-electron chi connectivity index (χ2n) is 6.88. The van der Waals surface area contributed by atoms with E-state index in [1.807, 2.05) is 36.1 Å². The number of hydrogen-bond donors (Lipinski definition) is 1. The van der Waals surface area contributed by atoms with Crippen molar-refractivity contribution in [1.29, 1.82) is 5.26 Å². The molecular formula is C23H26N4O4. The molecule has 0 saturated carbocycles. The molecular weight excluding hydrogens is 396 g/mol. The molecule has 1 fully saturated rings. The van der Waals surface area contributed by atoms with Crippen molar-refractivity contribution in [2.75, 3.05) is 39.5 Å². The molecule has 1 heterocycles. The second-order valence-corrected chi connectivity index (χ2v) is 6.88. The number of rotatable bonds is 9. The molecule has 0 bridgehead atoms. The van der Waals surface area contributed by atoms with E-state index in [0.717, 1.165) is 24.2 Å². The Balaban J connectivity index is 1.59. The number of hydrazone groups is 1. The van der Waals surface area contributed by atoms with Crippen molar-refractivity contribution in [2.45, 2.75) is 13.5 Å². The van der Waals surface area contributed by atoms with Crippen LogP contribution in [-0.4, -0.2) is 56.5 Å². The minimum Gasteiger partial charge on any atom is -0.490 e. The molecule has 0 aliphatic carbocycles. The van der Waals surface area contributed by atoms with Crippen molar-refractivity contribution in [3.05, 3.63) is 59.2 Å². The van der Waals surface area contributed by atoms with Crippen LogP contribution in [0, 0.1) is 11.3 Å². The molecule has 2 aromatic rings. The molecule has 0 unspecified atom stereocenters. The molecule has 8 heteroatoms. The van der Waals surface area contributed by atoms with Gasteiger partial charge in [-0.3, -0.25) is 9.69 Å². The Morgan fingerprint density at radius 1 is 1.23 bits per heavy atom. The number of carbonyl (C=O) groups is 1. The Morgan fingerprint density at radius 2 is 2.03 bits per heavy atom. The van der Waals surface area contributed by atoms with Gasteiger partial charge in [-0.25, -0.2) is 5.43 Å². The number of amides is 1. The number of benzene rings is 2. The van der Waals surface area contributed by atoms with E-state index >= 15 is 0 Å². The summed E-state index contributed by atoms with van der Waals surface area (Å²) in [6.07, 6.45) is 1.56. The van der Waals surface area contributed by atoms with Crippen LogP contribution in [-0.2, 0) is 16.1 Å². The van der Waals surface area contributed by atoms with Gasteiger partial charge in [0.25, 0.3) is 5.91 Å². The highest BCUT2D eigenvalue weighted by Crippen LogP contribution is 2.29. The molecule has 1 N–H and O–H groups in total. The second kappa shape index (κ2) is 11.7. The van der Waals surface area contributed by atoms with Gasteiger partial charge in [0.05, 0.1) is 44.2 Å². The van der Waals surface area contributed by atoms with Gasteiger partial charge in [0.2, 0.25) is 0 Å². The molecule has 0 radical (unpaired) electrons. The molecule has 0 aromatic heterocycles. The average Bonchev–Trinajstić information content (AvgIpc) is 2.79. The standard InChI is InChI=1S/C23H26N4O4/c1-2-30-22-13-18(15-25-26-23(28)16-27-9-11-29-12-10-27)7-8-21(22)31-17-20-6-4-3-5-19(20)14-24/h3-8,13,15H,2,9-12,16-17H2,1H3,(H,26,28)/b25-15-. The van der Waals surface area contributed by atoms with Crippen LogP contribution in [0.4, 0.5) is 0 Å². The number of morpholine rings is 1. The predicted molar refractivity (Wildman–Crippen MR) is 116 cm³/mol. The summed E-state index contributed by atoms with van der Waals surface area (Å²) in [6.45, 7) is 5.70. The Hall–Kier alpha value is -3.41. The van der Waals surface area contributed by atoms with Crippen LogP contribution < -0.4 is 14.9 Å². The molecule has 2 aromatic carbocycles. The van der Waals surface area contributed by atoms with E-state index in [0.29, 0.717) is 43.4 Å². The lowest BCUT2D eigenvalue weighted by molar-refractivity contribution is -0.123. The quantitative estimate of drug-likeness (QED) is 0.492. The van der Waals surface area contributed by atoms with E-state index in [1.165, 1.54) is 0 Å². The maximum atomic E-state index is 12.0. The number of nitrogens with one attached hydrogen (secondary N) is 1. The Morgan fingerprint density at radius 3 is 2.81 bits per heavy atom. The molecule has 1 aliphatic rings. The molecule has 31 heavy (non-hydrogen) atoms. The average molecular weight is 422 g/mol. The van der Waals surface area contributed by atoms with Crippen molar-refractivity contribution in [3.8, 4) is 17.6 Å². The van der Waals surface area contributed by atoms with Gasteiger partial charge in [-0.2, -0.15) is 10.4 Å². The van der Waals surface area contributed by atoms with Crippen LogP contribution in [0.25, 0.3) is 0 Å². The topological polar surface area (TPSA) is 96.2 Å². The van der Waals surface area contributed by atoms with Crippen LogP contribution in [0.2, 0.25) is 0 Å². The maximum Gasteiger partial charge on any atom is 0.254 e. The van der Waals surface area contributed by atoms with Gasteiger partial charge in [0.15, 0.2) is 11.5 Å². The van der Waals surface area contributed by atoms with E-state index in [4.69, 9.17) is 14.2 Å². The van der Waals surface area contributed by atoms with Crippen molar-refractivity contribution in [3.63, 3.8) is 0 Å². The lowest BCUT2D eigenvalue weighted by atomic mass is 10.1. The molecule has 1 saturated heterocycles. The third kappa shape index (κ3) is 6.81. The van der Waals surface area contributed by atoms with Crippen molar-refractivity contribution >= 4 is 12.1 Å². The summed E-state index contributed by atoms with van der Waals surface area (Å²) in [4.78, 5) is 14.0. The summed E-state index contributed by atoms with van der Waals surface area (Å²) in [5.41, 5.74) is 4.70. The number of nitriles is 1. The molecule has 0 spiro atoms. The van der Waals surface area contributed by atoms with Gasteiger partial charge < -0.3 is 14.2 Å². The zero-order valence-corrected chi connectivity index (χ0v) is 17.5. The Labute approximate surface area is 182 Å². The molecule has 3 rings (SSSR count). The molecule has 1 amide bonds. The summed E-state index contributed by atoms with van der Waals surface area (Å²) in [5, 5.41) is 13.3. The van der Waals surface area contributed by atoms with Gasteiger partial charge in [-0.05, 0) is 36.8 Å². The molecule has 0 atom stereocenters. The fraction of sp³-hybridized carbons (Fsp3) is 0.348. The zero-order valence-electron chi connectivity index (χ0n) is 17.5. The summed E-state index contributed by atoms with van der Waals surface area (Å²) in [5.74, 6) is 0.975. The first-order chi connectivity index (χ1) is 15.2. The summed E-state index contributed by atoms with van der Waals surface area (Å²) >= 11 is 0. The van der Waals surface area contributed by atoms with Gasteiger partial charge in [-0.15, -0.1) is 0 Å². The minimum atomic E-state index is -0.167. The lowest BCUT2D eigenvalue weighted by Crippen LogP contribution is -2.42. The smallest absolute Gasteiger partial charge is 0.254 e. The van der Waals surface area contributed by atoms with E-state index in [-0.39, 0.29) is 12.5 Å². The third-order valence-electron chi connectivity index (χ3n) is 4.66. The number of ether oxygens (including phenoxy) is 3. The Kier molecular flexibility index (Phi) is 8.40. The van der Waals surface area contributed by atoms with Gasteiger partial charge >= 0.3 is 0 Å². The number of carbonyl (C=O) groups excluding carboxylic acids is 1. The lowest BCUT2D eigenvalue weighted by Gasteiger charge is -2.25. The third-order valence-corrected chi connectivity index (χ3v) is 4.66. The van der Waals surface area contributed by atoms with Crippen LogP contribution in [0.1, 0.15) is 23.6 Å². The summed E-state index contributed by atoms with van der Waals surface area (Å²) < 4.78 is 16.9. The van der Waals surface area contributed by atoms with E-state index < -0.39 is 0 Å². The van der Waals surface area contributed by atoms with Gasteiger partial charge in [0.1, 0.15) is 6.61 Å². The van der Waals surface area contributed by atoms with Crippen molar-refractivity contribution < 1.29 is 19.0 Å². The summed E-state index contributed by atoms with van der Waals surface area (Å²) in [6, 6.07) is 14.9. The minimum absolute atomic E-state index is 0.167. The fourth-order valence-electron chi connectivity index (χ4n) is 3.08. The molecule has 1 aliphatic heterocycles. The van der Waals surface area contributed by atoms with Crippen LogP contribution in [0.5, 0.6) is 11.5 Å². The zero-order chi connectivity index (χ0) is 21.9. The highest BCUT2D eigenvalue weighted by molar-refractivity contribution is 5.83. The van der Waals surface area contributed by atoms with Crippen LogP contribution >= 0.6 is 0 Å². The fourth-order valence-corrected chi connectivity index (χ4v) is 3.08. The SMILES string of the molecule is CCOc1cc(/C=N\NC(=O)CN2CCOCC2)ccc1OCc1ccccc1C#N. The highest BCUT2D eigenvalue weighted by Gasteiger charge is 2.13. The maximum absolute atomic E-state index is 12.0. The van der Waals surface area contributed by atoms with Crippen LogP contribution in [0.3, 0.4) is 0 Å². The first kappa shape index (κ1) is 22.3. The first-order valence-electron chi connectivity index (χ1n) is 10.2. The van der Waals surface area contributed by atoms with Crippen molar-refractivity contribution in [1.82, 2.24) is 10.3 Å². The van der Waals surface area contributed by atoms with E-state index in [9.17, 15) is 10.1 Å². The highest BCUT2D eigenvalue weighted by atomic mass is 16.5. The Bertz CT molecular complexity index is 949. The normalized spacial score (nSPS) is 14.2. The van der Waals surface area contributed by atoms with Crippen molar-refractivity contribution in [2.24, 2.45) is 5.10 Å². The van der Waals surface area contributed by atoms with Gasteiger partial charge in [0, 0.05) is 18.7 Å². The number of nitrogens with zero attached hydrogens (tertiary/aromatic N) is 3. The van der Waals surface area contributed by atoms with E-state index in [2.05, 4.69) is 16.6 Å². The predicted octanol–water partition coefficient (Wildman–Crippen LogP) is 2.32. The van der Waals surface area contributed by atoms with Crippen LogP contribution in [0.15, 0.2) is 47.6 Å². The van der Waals surface area contributed by atoms with Gasteiger partial charge in [-0.1, -0.05) is 18.2 Å². The van der Waals surface area contributed by atoms with E-state index in [1.54, 1.807) is 24.4 Å². The largest absolute Gasteiger partial charge is 0.490 e. The number of hydrogen-bond acceptors (Lipinski definition) is 7.